The van der Waals surface area contributed by atoms with E-state index in [0.717, 1.165) is 25.1 Å². The van der Waals surface area contributed by atoms with Crippen molar-refractivity contribution >= 4 is 5.91 Å². The Labute approximate surface area is 165 Å². The van der Waals surface area contributed by atoms with Crippen molar-refractivity contribution in [1.29, 1.82) is 0 Å². The van der Waals surface area contributed by atoms with E-state index in [1.165, 1.54) is 0 Å². The topological polar surface area (TPSA) is 89.3 Å². The fourth-order valence-corrected chi connectivity index (χ4v) is 3.08. The molecule has 9 heteroatoms. The van der Waals surface area contributed by atoms with Crippen LogP contribution < -0.4 is 0 Å². The normalized spacial score (nSPS) is 17.5. The number of hydrogen-bond donors (Lipinski definition) is 0. The standard InChI is InChI=1S/C19H29N7O2/c1-15(2)24(3)12-18-21-22-23-26(18)13-19(27)25-10-6-8-17(11-25)28-14-16-7-4-5-9-20-16/h4-5,7,9,15,17H,6,8,10-14H2,1-3H3/t17-/m1/s1. The second kappa shape index (κ2) is 9.70. The van der Waals surface area contributed by atoms with E-state index in [9.17, 15) is 4.79 Å². The lowest BCUT2D eigenvalue weighted by Gasteiger charge is -2.32. The van der Waals surface area contributed by atoms with E-state index < -0.39 is 0 Å². The highest BCUT2D eigenvalue weighted by atomic mass is 16.5. The summed E-state index contributed by atoms with van der Waals surface area (Å²) < 4.78 is 7.57. The molecule has 0 unspecified atom stereocenters. The molecule has 1 amide bonds. The predicted octanol–water partition coefficient (Wildman–Crippen LogP) is 1.12. The van der Waals surface area contributed by atoms with Gasteiger partial charge in [0.15, 0.2) is 5.82 Å². The summed E-state index contributed by atoms with van der Waals surface area (Å²) in [6, 6.07) is 6.15. The molecule has 2 aromatic heterocycles. The number of piperidine rings is 1. The molecule has 3 heterocycles. The van der Waals surface area contributed by atoms with E-state index in [-0.39, 0.29) is 18.6 Å². The Morgan fingerprint density at radius 1 is 1.39 bits per heavy atom. The molecule has 9 nitrogen and oxygen atoms in total. The van der Waals surface area contributed by atoms with Crippen LogP contribution in [0.3, 0.4) is 0 Å². The number of nitrogens with zero attached hydrogens (tertiary/aromatic N) is 7. The summed E-state index contributed by atoms with van der Waals surface area (Å²) in [5.41, 5.74) is 0.901. The van der Waals surface area contributed by atoms with E-state index in [2.05, 4.69) is 39.3 Å². The summed E-state index contributed by atoms with van der Waals surface area (Å²) in [5.74, 6) is 0.719. The maximum absolute atomic E-state index is 12.8. The van der Waals surface area contributed by atoms with Crippen LogP contribution in [0.5, 0.6) is 0 Å². The highest BCUT2D eigenvalue weighted by molar-refractivity contribution is 5.76. The van der Waals surface area contributed by atoms with Crippen molar-refractivity contribution in [2.24, 2.45) is 0 Å². The Kier molecular flexibility index (Phi) is 7.05. The van der Waals surface area contributed by atoms with Gasteiger partial charge in [-0.2, -0.15) is 0 Å². The maximum Gasteiger partial charge on any atom is 0.244 e. The van der Waals surface area contributed by atoms with E-state index >= 15 is 0 Å². The average Bonchev–Trinajstić information content (AvgIpc) is 3.13. The minimum absolute atomic E-state index is 0.0203. The fourth-order valence-electron chi connectivity index (χ4n) is 3.08. The first-order valence-electron chi connectivity index (χ1n) is 9.77. The molecule has 0 aliphatic carbocycles. The van der Waals surface area contributed by atoms with Gasteiger partial charge in [-0.1, -0.05) is 6.07 Å². The number of pyridine rings is 1. The number of ether oxygens (including phenoxy) is 1. The molecule has 0 radical (unpaired) electrons. The van der Waals surface area contributed by atoms with E-state index in [0.29, 0.717) is 31.6 Å². The highest BCUT2D eigenvalue weighted by Crippen LogP contribution is 2.15. The van der Waals surface area contributed by atoms with E-state index in [4.69, 9.17) is 4.74 Å². The van der Waals surface area contributed by atoms with Gasteiger partial charge in [0, 0.05) is 25.3 Å². The monoisotopic (exact) mass is 387 g/mol. The maximum atomic E-state index is 12.8. The number of carbonyl (C=O) groups excluding carboxylic acids is 1. The third kappa shape index (κ3) is 5.56. The van der Waals surface area contributed by atoms with Crippen LogP contribution in [0.1, 0.15) is 38.2 Å². The van der Waals surface area contributed by atoms with Crippen molar-refractivity contribution < 1.29 is 9.53 Å². The van der Waals surface area contributed by atoms with Gasteiger partial charge in [-0.25, -0.2) is 4.68 Å². The average molecular weight is 387 g/mol. The number of likely N-dealkylation sites (tertiary alicyclic amines) is 1. The first-order valence-corrected chi connectivity index (χ1v) is 9.77. The van der Waals surface area contributed by atoms with Gasteiger partial charge < -0.3 is 9.64 Å². The van der Waals surface area contributed by atoms with Crippen molar-refractivity contribution in [1.82, 2.24) is 35.0 Å². The lowest BCUT2D eigenvalue weighted by Crippen LogP contribution is -2.44. The van der Waals surface area contributed by atoms with Gasteiger partial charge >= 0.3 is 0 Å². The van der Waals surface area contributed by atoms with Gasteiger partial charge in [-0.3, -0.25) is 14.7 Å². The molecular formula is C19H29N7O2. The third-order valence-electron chi connectivity index (χ3n) is 5.09. The molecular weight excluding hydrogens is 358 g/mol. The summed E-state index contributed by atoms with van der Waals surface area (Å²) in [4.78, 5) is 21.0. The molecule has 1 saturated heterocycles. The molecule has 2 aromatic rings. The summed E-state index contributed by atoms with van der Waals surface area (Å²) >= 11 is 0. The molecule has 152 valence electrons. The predicted molar refractivity (Wildman–Crippen MR) is 103 cm³/mol. The van der Waals surface area contributed by atoms with Crippen LogP contribution in [-0.4, -0.2) is 73.2 Å². The van der Waals surface area contributed by atoms with Crippen molar-refractivity contribution in [2.45, 2.75) is 58.5 Å². The summed E-state index contributed by atoms with van der Waals surface area (Å²) in [6.45, 7) is 6.78. The Hall–Kier alpha value is -2.39. The largest absolute Gasteiger partial charge is 0.370 e. The van der Waals surface area contributed by atoms with Gasteiger partial charge in [-0.15, -0.1) is 5.10 Å². The lowest BCUT2D eigenvalue weighted by atomic mass is 10.1. The Bertz CT molecular complexity index is 750. The summed E-state index contributed by atoms with van der Waals surface area (Å²) in [7, 11) is 2.01. The molecule has 28 heavy (non-hydrogen) atoms. The molecule has 0 aromatic carbocycles. The third-order valence-corrected chi connectivity index (χ3v) is 5.09. The minimum Gasteiger partial charge on any atom is -0.370 e. The number of tetrazole rings is 1. The molecule has 1 aliphatic heterocycles. The molecule has 0 N–H and O–H groups in total. The second-order valence-electron chi connectivity index (χ2n) is 7.50. The number of rotatable bonds is 8. The van der Waals surface area contributed by atoms with Crippen LogP contribution in [0.4, 0.5) is 0 Å². The van der Waals surface area contributed by atoms with Crippen LogP contribution in [-0.2, 0) is 29.2 Å². The van der Waals surface area contributed by atoms with Gasteiger partial charge in [-0.05, 0) is 56.3 Å². The number of aromatic nitrogens is 5. The SMILES string of the molecule is CC(C)N(C)Cc1nnnn1CC(=O)N1CCC[C@@H](OCc2ccccn2)C1. The van der Waals surface area contributed by atoms with E-state index in [1.54, 1.807) is 10.9 Å². The minimum atomic E-state index is 0.0203. The Morgan fingerprint density at radius 2 is 2.25 bits per heavy atom. The zero-order valence-corrected chi connectivity index (χ0v) is 16.9. The van der Waals surface area contributed by atoms with Crippen molar-refractivity contribution in [3.63, 3.8) is 0 Å². The van der Waals surface area contributed by atoms with Gasteiger partial charge in [0.25, 0.3) is 0 Å². The zero-order valence-electron chi connectivity index (χ0n) is 16.9. The second-order valence-corrected chi connectivity index (χ2v) is 7.50. The molecule has 1 atom stereocenters. The zero-order chi connectivity index (χ0) is 19.9. The molecule has 1 aliphatic rings. The van der Waals surface area contributed by atoms with Crippen LogP contribution in [0.25, 0.3) is 0 Å². The van der Waals surface area contributed by atoms with Crippen molar-refractivity contribution in [2.75, 3.05) is 20.1 Å². The quantitative estimate of drug-likeness (QED) is 0.670. The molecule has 0 spiro atoms. The summed E-state index contributed by atoms with van der Waals surface area (Å²) in [5, 5.41) is 11.8. The first-order chi connectivity index (χ1) is 13.5. The van der Waals surface area contributed by atoms with Crippen LogP contribution in [0.2, 0.25) is 0 Å². The Morgan fingerprint density at radius 3 is 3.00 bits per heavy atom. The molecule has 1 fully saturated rings. The van der Waals surface area contributed by atoms with Crippen LogP contribution in [0, 0.1) is 0 Å². The Balaban J connectivity index is 1.52. The van der Waals surface area contributed by atoms with Gasteiger partial charge in [0.2, 0.25) is 5.91 Å². The van der Waals surface area contributed by atoms with Crippen LogP contribution >= 0.6 is 0 Å². The number of hydrogen-bond acceptors (Lipinski definition) is 7. The van der Waals surface area contributed by atoms with Crippen LogP contribution in [0.15, 0.2) is 24.4 Å². The molecule has 3 rings (SSSR count). The number of amides is 1. The number of carbonyl (C=O) groups is 1. The van der Waals surface area contributed by atoms with Gasteiger partial charge in [0.1, 0.15) is 6.54 Å². The lowest BCUT2D eigenvalue weighted by molar-refractivity contribution is -0.136. The van der Waals surface area contributed by atoms with Gasteiger partial charge in [0.05, 0.1) is 24.9 Å². The molecule has 0 bridgehead atoms. The smallest absolute Gasteiger partial charge is 0.244 e. The highest BCUT2D eigenvalue weighted by Gasteiger charge is 2.25. The first kappa shape index (κ1) is 20.3. The fraction of sp³-hybridized carbons (Fsp3) is 0.632. The summed E-state index contributed by atoms with van der Waals surface area (Å²) in [6.07, 6.45) is 3.67. The van der Waals surface area contributed by atoms with Crippen molar-refractivity contribution in [3.05, 3.63) is 35.9 Å². The van der Waals surface area contributed by atoms with Crippen molar-refractivity contribution in [3.8, 4) is 0 Å². The molecule has 0 saturated carbocycles. The van der Waals surface area contributed by atoms with E-state index in [1.807, 2.05) is 30.1 Å².